The van der Waals surface area contributed by atoms with Gasteiger partial charge in [-0.1, -0.05) is 18.2 Å². The SMILES string of the molecule is COc1ccc(CCNC(=O)c2ccnc(Nc3ccccc3F)c2)cc1OC. The van der Waals surface area contributed by atoms with Crippen LogP contribution in [0.5, 0.6) is 11.5 Å². The number of rotatable bonds is 8. The third-order valence-corrected chi connectivity index (χ3v) is 4.31. The Kier molecular flexibility index (Phi) is 6.63. The fraction of sp³-hybridized carbons (Fsp3) is 0.182. The Labute approximate surface area is 168 Å². The van der Waals surface area contributed by atoms with Gasteiger partial charge in [0.15, 0.2) is 11.5 Å². The van der Waals surface area contributed by atoms with Gasteiger partial charge in [-0.2, -0.15) is 0 Å². The molecule has 2 N–H and O–H groups in total. The first kappa shape index (κ1) is 20.1. The molecule has 0 spiro atoms. The predicted octanol–water partition coefficient (Wildman–Crippen LogP) is 3.95. The van der Waals surface area contributed by atoms with E-state index >= 15 is 0 Å². The Bertz CT molecular complexity index is 995. The van der Waals surface area contributed by atoms with Gasteiger partial charge < -0.3 is 20.1 Å². The smallest absolute Gasteiger partial charge is 0.251 e. The minimum atomic E-state index is -0.390. The quantitative estimate of drug-likeness (QED) is 0.604. The number of nitrogens with one attached hydrogen (secondary N) is 2. The van der Waals surface area contributed by atoms with Gasteiger partial charge in [-0.25, -0.2) is 9.37 Å². The van der Waals surface area contributed by atoms with Crippen LogP contribution in [-0.2, 0) is 6.42 Å². The van der Waals surface area contributed by atoms with E-state index < -0.39 is 0 Å². The Balaban J connectivity index is 1.59. The highest BCUT2D eigenvalue weighted by Gasteiger charge is 2.09. The van der Waals surface area contributed by atoms with Crippen molar-refractivity contribution in [2.45, 2.75) is 6.42 Å². The molecule has 0 aliphatic heterocycles. The Morgan fingerprint density at radius 1 is 1.03 bits per heavy atom. The highest BCUT2D eigenvalue weighted by molar-refractivity contribution is 5.94. The molecule has 0 aliphatic rings. The molecule has 0 unspecified atom stereocenters. The molecule has 1 amide bonds. The number of amides is 1. The average molecular weight is 395 g/mol. The van der Waals surface area contributed by atoms with E-state index in [4.69, 9.17) is 9.47 Å². The number of para-hydroxylation sites is 1. The lowest BCUT2D eigenvalue weighted by molar-refractivity contribution is 0.0954. The Morgan fingerprint density at radius 2 is 1.83 bits per heavy atom. The van der Waals surface area contributed by atoms with Crippen LogP contribution in [-0.4, -0.2) is 31.7 Å². The number of ether oxygens (including phenoxy) is 2. The molecule has 29 heavy (non-hydrogen) atoms. The summed E-state index contributed by atoms with van der Waals surface area (Å²) in [5.74, 6) is 1.08. The molecule has 0 saturated heterocycles. The van der Waals surface area contributed by atoms with Crippen molar-refractivity contribution in [3.8, 4) is 11.5 Å². The maximum Gasteiger partial charge on any atom is 0.251 e. The number of nitrogens with zero attached hydrogens (tertiary/aromatic N) is 1. The summed E-state index contributed by atoms with van der Waals surface area (Å²) in [6, 6.07) is 15.1. The minimum Gasteiger partial charge on any atom is -0.493 e. The van der Waals surface area contributed by atoms with E-state index in [-0.39, 0.29) is 11.7 Å². The van der Waals surface area contributed by atoms with Gasteiger partial charge in [0, 0.05) is 18.3 Å². The van der Waals surface area contributed by atoms with E-state index in [2.05, 4.69) is 15.6 Å². The molecular formula is C22H22FN3O3. The van der Waals surface area contributed by atoms with Gasteiger partial charge in [-0.05, 0) is 48.4 Å². The predicted molar refractivity (Wildman–Crippen MR) is 110 cm³/mol. The van der Waals surface area contributed by atoms with Crippen LogP contribution in [0.25, 0.3) is 0 Å². The third kappa shape index (κ3) is 5.22. The first-order valence-electron chi connectivity index (χ1n) is 9.07. The summed E-state index contributed by atoms with van der Waals surface area (Å²) in [5.41, 5.74) is 1.75. The van der Waals surface area contributed by atoms with Crippen molar-refractivity contribution in [3.63, 3.8) is 0 Å². The normalized spacial score (nSPS) is 10.3. The summed E-state index contributed by atoms with van der Waals surface area (Å²) in [6.45, 7) is 0.451. The van der Waals surface area contributed by atoms with Crippen molar-refractivity contribution in [1.29, 1.82) is 0 Å². The molecule has 0 bridgehead atoms. The van der Waals surface area contributed by atoms with E-state index in [1.807, 2.05) is 18.2 Å². The molecule has 2 aromatic carbocycles. The fourth-order valence-electron chi connectivity index (χ4n) is 2.80. The van der Waals surface area contributed by atoms with Crippen LogP contribution in [0.1, 0.15) is 15.9 Å². The maximum atomic E-state index is 13.8. The molecule has 0 aliphatic carbocycles. The minimum absolute atomic E-state index is 0.232. The topological polar surface area (TPSA) is 72.5 Å². The number of hydrogen-bond acceptors (Lipinski definition) is 5. The lowest BCUT2D eigenvalue weighted by Gasteiger charge is -2.11. The van der Waals surface area contributed by atoms with Crippen molar-refractivity contribution < 1.29 is 18.7 Å². The second-order valence-electron chi connectivity index (χ2n) is 6.23. The number of methoxy groups -OCH3 is 2. The second kappa shape index (κ2) is 9.54. The molecular weight excluding hydrogens is 373 g/mol. The van der Waals surface area contributed by atoms with Gasteiger partial charge in [0.2, 0.25) is 0 Å². The first-order valence-corrected chi connectivity index (χ1v) is 9.07. The molecule has 3 aromatic rings. The maximum absolute atomic E-state index is 13.8. The number of aromatic nitrogens is 1. The number of pyridine rings is 1. The van der Waals surface area contributed by atoms with Crippen LogP contribution in [0.2, 0.25) is 0 Å². The number of halogens is 1. The van der Waals surface area contributed by atoms with Crippen LogP contribution in [0.3, 0.4) is 0 Å². The summed E-state index contributed by atoms with van der Waals surface area (Å²) >= 11 is 0. The second-order valence-corrected chi connectivity index (χ2v) is 6.23. The number of benzene rings is 2. The zero-order valence-corrected chi connectivity index (χ0v) is 16.2. The van der Waals surface area contributed by atoms with Gasteiger partial charge in [-0.15, -0.1) is 0 Å². The highest BCUT2D eigenvalue weighted by atomic mass is 19.1. The third-order valence-electron chi connectivity index (χ3n) is 4.31. The molecule has 6 nitrogen and oxygen atoms in total. The van der Waals surface area contributed by atoms with Gasteiger partial charge >= 0.3 is 0 Å². The van der Waals surface area contributed by atoms with Crippen LogP contribution in [0.4, 0.5) is 15.9 Å². The molecule has 1 aromatic heterocycles. The summed E-state index contributed by atoms with van der Waals surface area (Å²) < 4.78 is 24.3. The van der Waals surface area contributed by atoms with Gasteiger partial charge in [0.05, 0.1) is 19.9 Å². The molecule has 150 valence electrons. The summed E-state index contributed by atoms with van der Waals surface area (Å²) in [6.07, 6.45) is 2.14. The van der Waals surface area contributed by atoms with Crippen molar-refractivity contribution >= 4 is 17.4 Å². The van der Waals surface area contributed by atoms with E-state index in [1.165, 1.54) is 12.3 Å². The fourth-order valence-corrected chi connectivity index (χ4v) is 2.80. The van der Waals surface area contributed by atoms with E-state index in [9.17, 15) is 9.18 Å². The largest absolute Gasteiger partial charge is 0.493 e. The molecule has 0 atom stereocenters. The van der Waals surface area contributed by atoms with Crippen molar-refractivity contribution in [1.82, 2.24) is 10.3 Å². The average Bonchev–Trinajstić information content (AvgIpc) is 2.75. The van der Waals surface area contributed by atoms with Gasteiger partial charge in [0.25, 0.3) is 5.91 Å². The first-order chi connectivity index (χ1) is 14.1. The molecule has 0 radical (unpaired) electrons. The standard InChI is InChI=1S/C22H22FN3O3/c1-28-19-8-7-15(13-20(19)29-2)9-11-25-22(27)16-10-12-24-21(14-16)26-18-6-4-3-5-17(18)23/h3-8,10,12-14H,9,11H2,1-2H3,(H,24,26)(H,25,27). The Morgan fingerprint density at radius 3 is 2.59 bits per heavy atom. The summed E-state index contributed by atoms with van der Waals surface area (Å²) in [4.78, 5) is 16.6. The van der Waals surface area contributed by atoms with Gasteiger partial charge in [0.1, 0.15) is 11.6 Å². The highest BCUT2D eigenvalue weighted by Crippen LogP contribution is 2.27. The lowest BCUT2D eigenvalue weighted by atomic mass is 10.1. The van der Waals surface area contributed by atoms with Crippen molar-refractivity contribution in [2.75, 3.05) is 26.1 Å². The Hall–Kier alpha value is -3.61. The number of carbonyl (C=O) groups is 1. The van der Waals surface area contributed by atoms with Gasteiger partial charge in [-0.3, -0.25) is 4.79 Å². The molecule has 0 saturated carbocycles. The zero-order valence-electron chi connectivity index (χ0n) is 16.2. The number of carbonyl (C=O) groups excluding carboxylic acids is 1. The van der Waals surface area contributed by atoms with E-state index in [0.717, 1.165) is 5.56 Å². The summed E-state index contributed by atoms with van der Waals surface area (Å²) in [7, 11) is 3.17. The van der Waals surface area contributed by atoms with E-state index in [0.29, 0.717) is 41.5 Å². The number of hydrogen-bond donors (Lipinski definition) is 2. The zero-order chi connectivity index (χ0) is 20.6. The van der Waals surface area contributed by atoms with Crippen LogP contribution >= 0.6 is 0 Å². The molecule has 7 heteroatoms. The van der Waals surface area contributed by atoms with Crippen molar-refractivity contribution in [2.24, 2.45) is 0 Å². The van der Waals surface area contributed by atoms with Crippen LogP contribution < -0.4 is 20.1 Å². The monoisotopic (exact) mass is 395 g/mol. The van der Waals surface area contributed by atoms with Crippen LogP contribution in [0, 0.1) is 5.82 Å². The molecule has 0 fully saturated rings. The van der Waals surface area contributed by atoms with Crippen LogP contribution in [0.15, 0.2) is 60.8 Å². The lowest BCUT2D eigenvalue weighted by Crippen LogP contribution is -2.25. The number of anilines is 2. The molecule has 3 rings (SSSR count). The van der Waals surface area contributed by atoms with E-state index in [1.54, 1.807) is 44.6 Å². The summed E-state index contributed by atoms with van der Waals surface area (Å²) in [5, 5.41) is 5.76. The van der Waals surface area contributed by atoms with Crippen molar-refractivity contribution in [3.05, 3.63) is 77.7 Å². The molecule has 1 heterocycles.